The van der Waals surface area contributed by atoms with Crippen LogP contribution in [0.15, 0.2) is 46.9 Å². The highest BCUT2D eigenvalue weighted by atomic mass is 35.5. The summed E-state index contributed by atoms with van der Waals surface area (Å²) >= 11 is 6.20. The molecule has 2 aromatic carbocycles. The van der Waals surface area contributed by atoms with E-state index < -0.39 is 5.91 Å². The second kappa shape index (κ2) is 8.46. The van der Waals surface area contributed by atoms with E-state index in [1.807, 2.05) is 32.0 Å². The molecular formula is C21H21ClN2O4. The summed E-state index contributed by atoms with van der Waals surface area (Å²) in [7, 11) is 0. The van der Waals surface area contributed by atoms with Crippen LogP contribution in [-0.2, 0) is 16.1 Å². The summed E-state index contributed by atoms with van der Waals surface area (Å²) < 4.78 is 11.5. The maximum absolute atomic E-state index is 12.9. The summed E-state index contributed by atoms with van der Waals surface area (Å²) in [6, 6.07) is 12.3. The zero-order chi connectivity index (χ0) is 20.3. The lowest BCUT2D eigenvalue weighted by Crippen LogP contribution is -2.15. The monoisotopic (exact) mass is 400 g/mol. The molecule has 0 fully saturated rings. The zero-order valence-corrected chi connectivity index (χ0v) is 16.6. The summed E-state index contributed by atoms with van der Waals surface area (Å²) in [5.41, 5.74) is 2.18. The number of halogens is 1. The van der Waals surface area contributed by atoms with Crippen molar-refractivity contribution < 1.29 is 18.7 Å². The largest absolute Gasteiger partial charge is 0.451 e. The second-order valence-electron chi connectivity index (χ2n) is 6.60. The molecule has 0 atom stereocenters. The first kappa shape index (κ1) is 19.9. The fraction of sp³-hybridized carbons (Fsp3) is 0.238. The van der Waals surface area contributed by atoms with E-state index in [0.29, 0.717) is 27.5 Å². The van der Waals surface area contributed by atoms with Gasteiger partial charge in [0, 0.05) is 23.6 Å². The summed E-state index contributed by atoms with van der Waals surface area (Å²) in [6.45, 7) is 5.50. The molecule has 0 aliphatic carbocycles. The number of anilines is 2. The van der Waals surface area contributed by atoms with Crippen LogP contribution in [-0.4, -0.2) is 17.9 Å². The number of nitrogens with one attached hydrogen (secondary N) is 2. The Morgan fingerprint density at radius 3 is 2.61 bits per heavy atom. The van der Waals surface area contributed by atoms with Crippen LogP contribution in [0.2, 0.25) is 5.02 Å². The lowest BCUT2D eigenvalue weighted by atomic mass is 10.1. The van der Waals surface area contributed by atoms with Gasteiger partial charge in [0.15, 0.2) is 5.76 Å². The summed E-state index contributed by atoms with van der Waals surface area (Å²) in [4.78, 5) is 24.2. The van der Waals surface area contributed by atoms with Crippen molar-refractivity contribution in [2.45, 2.75) is 33.5 Å². The Kier molecular flexibility index (Phi) is 6.02. The quantitative estimate of drug-likeness (QED) is 0.594. The molecule has 0 spiro atoms. The Labute approximate surface area is 167 Å². The lowest BCUT2D eigenvalue weighted by Gasteiger charge is -2.11. The minimum Gasteiger partial charge on any atom is -0.451 e. The van der Waals surface area contributed by atoms with Crippen LogP contribution in [0.5, 0.6) is 0 Å². The Balaban J connectivity index is 1.93. The molecule has 1 aromatic heterocycles. The first-order valence-electron chi connectivity index (χ1n) is 8.85. The number of carbonyl (C=O) groups is 2. The molecule has 0 saturated carbocycles. The Morgan fingerprint density at radius 1 is 1.14 bits per heavy atom. The van der Waals surface area contributed by atoms with Gasteiger partial charge in [-0.25, -0.2) is 0 Å². The first-order valence-corrected chi connectivity index (χ1v) is 9.23. The van der Waals surface area contributed by atoms with Crippen LogP contribution in [0.4, 0.5) is 11.4 Å². The Morgan fingerprint density at radius 2 is 1.89 bits per heavy atom. The predicted octanol–water partition coefficient (Wildman–Crippen LogP) is 5.22. The van der Waals surface area contributed by atoms with Gasteiger partial charge in [0.1, 0.15) is 5.58 Å². The highest BCUT2D eigenvalue weighted by Crippen LogP contribution is 2.30. The normalized spacial score (nSPS) is 11.0. The van der Waals surface area contributed by atoms with Crippen LogP contribution < -0.4 is 10.6 Å². The van der Waals surface area contributed by atoms with E-state index in [9.17, 15) is 9.59 Å². The molecule has 2 N–H and O–H groups in total. The van der Waals surface area contributed by atoms with E-state index in [-0.39, 0.29) is 24.4 Å². The minimum atomic E-state index is -0.444. The maximum atomic E-state index is 12.9. The van der Waals surface area contributed by atoms with Crippen molar-refractivity contribution in [2.24, 2.45) is 0 Å². The smallest absolute Gasteiger partial charge is 0.291 e. The van der Waals surface area contributed by atoms with E-state index >= 15 is 0 Å². The molecule has 0 aliphatic heterocycles. The minimum absolute atomic E-state index is 0.00774. The van der Waals surface area contributed by atoms with Gasteiger partial charge in [-0.2, -0.15) is 0 Å². The van der Waals surface area contributed by atoms with E-state index in [2.05, 4.69) is 10.6 Å². The fourth-order valence-electron chi connectivity index (χ4n) is 2.76. The van der Waals surface area contributed by atoms with Gasteiger partial charge in [-0.15, -0.1) is 0 Å². The van der Waals surface area contributed by atoms with Crippen LogP contribution in [0.3, 0.4) is 0 Å². The van der Waals surface area contributed by atoms with Gasteiger partial charge < -0.3 is 19.8 Å². The molecule has 0 radical (unpaired) electrons. The predicted molar refractivity (Wildman–Crippen MR) is 110 cm³/mol. The van der Waals surface area contributed by atoms with Gasteiger partial charge in [0.25, 0.3) is 5.91 Å². The van der Waals surface area contributed by atoms with E-state index in [4.69, 9.17) is 20.8 Å². The second-order valence-corrected chi connectivity index (χ2v) is 7.00. The number of furan rings is 1. The van der Waals surface area contributed by atoms with Crippen LogP contribution in [0.25, 0.3) is 11.0 Å². The Bertz CT molecular complexity index is 1030. The SMILES string of the molecule is CC(=O)Nc1ccc(Cl)c(NC(=O)c2oc3ccccc3c2COC(C)C)c1. The number of hydrogen-bond acceptors (Lipinski definition) is 4. The average molecular weight is 401 g/mol. The molecule has 3 rings (SSSR count). The molecule has 0 saturated heterocycles. The molecule has 3 aromatic rings. The third-order valence-corrected chi connectivity index (χ3v) is 4.33. The number of ether oxygens (including phenoxy) is 1. The van der Waals surface area contributed by atoms with Gasteiger partial charge in [0.2, 0.25) is 5.91 Å². The molecule has 1 heterocycles. The van der Waals surface area contributed by atoms with Gasteiger partial charge in [-0.05, 0) is 38.1 Å². The van der Waals surface area contributed by atoms with Gasteiger partial charge in [-0.3, -0.25) is 9.59 Å². The Hall–Kier alpha value is -2.83. The van der Waals surface area contributed by atoms with Crippen molar-refractivity contribution in [1.82, 2.24) is 0 Å². The van der Waals surface area contributed by atoms with Crippen molar-refractivity contribution >= 4 is 45.8 Å². The van der Waals surface area contributed by atoms with Gasteiger partial charge in [0.05, 0.1) is 23.4 Å². The number of benzene rings is 2. The molecule has 28 heavy (non-hydrogen) atoms. The molecule has 6 nitrogen and oxygen atoms in total. The number of rotatable bonds is 6. The van der Waals surface area contributed by atoms with Crippen LogP contribution in [0, 0.1) is 0 Å². The van der Waals surface area contributed by atoms with E-state index in [0.717, 1.165) is 5.39 Å². The number of para-hydroxylation sites is 1. The van der Waals surface area contributed by atoms with E-state index in [1.54, 1.807) is 24.3 Å². The lowest BCUT2D eigenvalue weighted by molar-refractivity contribution is -0.114. The van der Waals surface area contributed by atoms with Crippen molar-refractivity contribution in [1.29, 1.82) is 0 Å². The third-order valence-electron chi connectivity index (χ3n) is 4.00. The summed E-state index contributed by atoms with van der Waals surface area (Å²) in [6.07, 6.45) is 0.00774. The zero-order valence-electron chi connectivity index (χ0n) is 15.8. The van der Waals surface area contributed by atoms with Crippen LogP contribution in [0.1, 0.15) is 36.9 Å². The fourth-order valence-corrected chi connectivity index (χ4v) is 2.92. The molecule has 0 unspecified atom stereocenters. The van der Waals surface area contributed by atoms with Gasteiger partial charge in [-0.1, -0.05) is 29.8 Å². The number of amides is 2. The number of fused-ring (bicyclic) bond motifs is 1. The molecule has 146 valence electrons. The van der Waals surface area contributed by atoms with Gasteiger partial charge >= 0.3 is 0 Å². The van der Waals surface area contributed by atoms with E-state index in [1.165, 1.54) is 6.92 Å². The standard InChI is InChI=1S/C21H21ClN2O4/c1-12(2)27-11-16-15-6-4-5-7-19(15)28-20(16)21(26)24-18-10-14(23-13(3)25)8-9-17(18)22/h4-10,12H,11H2,1-3H3,(H,23,25)(H,24,26). The van der Waals surface area contributed by atoms with Crippen LogP contribution >= 0.6 is 11.6 Å². The van der Waals surface area contributed by atoms with Crippen molar-refractivity contribution in [3.8, 4) is 0 Å². The highest BCUT2D eigenvalue weighted by Gasteiger charge is 2.22. The molecule has 7 heteroatoms. The highest BCUT2D eigenvalue weighted by molar-refractivity contribution is 6.34. The third kappa shape index (κ3) is 4.52. The molecule has 0 aliphatic rings. The summed E-state index contributed by atoms with van der Waals surface area (Å²) in [5.74, 6) is -0.492. The topological polar surface area (TPSA) is 80.6 Å². The first-order chi connectivity index (χ1) is 13.3. The molecular weight excluding hydrogens is 380 g/mol. The molecule has 0 bridgehead atoms. The summed E-state index contributed by atoms with van der Waals surface area (Å²) in [5, 5.41) is 6.59. The maximum Gasteiger partial charge on any atom is 0.291 e. The van der Waals surface area contributed by atoms with Crippen molar-refractivity contribution in [3.63, 3.8) is 0 Å². The van der Waals surface area contributed by atoms with Crippen molar-refractivity contribution in [3.05, 3.63) is 58.8 Å². The van der Waals surface area contributed by atoms with Crippen molar-refractivity contribution in [2.75, 3.05) is 10.6 Å². The average Bonchev–Trinajstić information content (AvgIpc) is 3.01. The number of hydrogen-bond donors (Lipinski definition) is 2. The molecule has 2 amide bonds. The number of carbonyl (C=O) groups excluding carboxylic acids is 2.